The molecule has 6 heteroatoms. The summed E-state index contributed by atoms with van der Waals surface area (Å²) in [4.78, 5) is 15.5. The molecule has 0 aliphatic rings. The molecule has 18 heavy (non-hydrogen) atoms. The van der Waals surface area contributed by atoms with E-state index >= 15 is 0 Å². The molecule has 0 saturated heterocycles. The predicted molar refractivity (Wildman–Crippen MR) is 71.9 cm³/mol. The summed E-state index contributed by atoms with van der Waals surface area (Å²) in [6, 6.07) is 1.47. The van der Waals surface area contributed by atoms with Crippen LogP contribution < -0.4 is 10.6 Å². The smallest absolute Gasteiger partial charge is 0.319 e. The lowest BCUT2D eigenvalue weighted by Gasteiger charge is -2.12. The topological polar surface area (TPSA) is 74.2 Å². The van der Waals surface area contributed by atoms with Crippen LogP contribution in [-0.4, -0.2) is 29.3 Å². The fourth-order valence-electron chi connectivity index (χ4n) is 1.39. The minimum Gasteiger partial charge on any atom is -0.396 e. The quantitative estimate of drug-likeness (QED) is 0.719. The van der Waals surface area contributed by atoms with Crippen LogP contribution in [0.1, 0.15) is 18.9 Å². The molecule has 100 valence electrons. The molecular formula is C12H18ClN3O2. The lowest BCUT2D eigenvalue weighted by molar-refractivity contribution is 0.243. The van der Waals surface area contributed by atoms with Crippen molar-refractivity contribution in [1.29, 1.82) is 0 Å². The predicted octanol–water partition coefficient (Wildman–Crippen LogP) is 2.18. The summed E-state index contributed by atoms with van der Waals surface area (Å²) in [5, 5.41) is 14.6. The number of carbonyl (C=O) groups is 1. The van der Waals surface area contributed by atoms with Gasteiger partial charge < -0.3 is 15.7 Å². The summed E-state index contributed by atoms with van der Waals surface area (Å²) in [6.45, 7) is 4.43. The lowest BCUT2D eigenvalue weighted by atomic mass is 10.1. The molecule has 1 aromatic rings. The first-order valence-electron chi connectivity index (χ1n) is 5.80. The monoisotopic (exact) mass is 271 g/mol. The zero-order valence-electron chi connectivity index (χ0n) is 10.5. The molecular weight excluding hydrogens is 254 g/mol. The minimum atomic E-state index is -0.289. The number of pyridine rings is 1. The molecule has 1 atom stereocenters. The molecule has 0 spiro atoms. The molecule has 0 aliphatic carbocycles. The Balaban J connectivity index is 2.42. The Kier molecular flexibility index (Phi) is 5.88. The molecule has 2 amide bonds. The number of aliphatic hydroxyl groups is 1. The number of halogens is 1. The van der Waals surface area contributed by atoms with Gasteiger partial charge in [0.25, 0.3) is 0 Å². The summed E-state index contributed by atoms with van der Waals surface area (Å²) in [5.41, 5.74) is 1.41. The van der Waals surface area contributed by atoms with Gasteiger partial charge in [0, 0.05) is 13.2 Å². The van der Waals surface area contributed by atoms with Crippen molar-refractivity contribution in [2.24, 2.45) is 5.92 Å². The summed E-state index contributed by atoms with van der Waals surface area (Å²) in [7, 11) is 0. The number of amides is 2. The summed E-state index contributed by atoms with van der Waals surface area (Å²) in [5.74, 6) is 0.242. The molecule has 0 radical (unpaired) electrons. The van der Waals surface area contributed by atoms with E-state index in [0.29, 0.717) is 23.8 Å². The van der Waals surface area contributed by atoms with Crippen molar-refractivity contribution in [3.05, 3.63) is 23.0 Å². The summed E-state index contributed by atoms with van der Waals surface area (Å²) in [6.07, 6.45) is 2.17. The number of aliphatic hydroxyl groups excluding tert-OH is 1. The molecule has 0 aromatic carbocycles. The maximum Gasteiger partial charge on any atom is 0.319 e. The number of nitrogens with zero attached hydrogens (tertiary/aromatic N) is 1. The fraction of sp³-hybridized carbons (Fsp3) is 0.500. The highest BCUT2D eigenvalue weighted by Crippen LogP contribution is 2.15. The van der Waals surface area contributed by atoms with Crippen molar-refractivity contribution in [3.63, 3.8) is 0 Å². The fourth-order valence-corrected chi connectivity index (χ4v) is 1.49. The maximum absolute atomic E-state index is 11.6. The number of aryl methyl sites for hydroxylation is 1. The van der Waals surface area contributed by atoms with Gasteiger partial charge >= 0.3 is 6.03 Å². The Morgan fingerprint density at radius 1 is 1.61 bits per heavy atom. The Hall–Kier alpha value is -1.33. The minimum absolute atomic E-state index is 0.130. The first kappa shape index (κ1) is 14.7. The lowest BCUT2D eigenvalue weighted by Crippen LogP contribution is -2.32. The van der Waals surface area contributed by atoms with Crippen LogP contribution in [0, 0.1) is 12.8 Å². The van der Waals surface area contributed by atoms with Gasteiger partial charge in [-0.25, -0.2) is 9.78 Å². The van der Waals surface area contributed by atoms with E-state index in [2.05, 4.69) is 15.6 Å². The maximum atomic E-state index is 11.6. The van der Waals surface area contributed by atoms with Gasteiger partial charge in [-0.2, -0.15) is 0 Å². The largest absolute Gasteiger partial charge is 0.396 e. The number of nitrogens with one attached hydrogen (secondary N) is 2. The van der Waals surface area contributed by atoms with E-state index in [1.807, 2.05) is 13.8 Å². The number of hydrogen-bond donors (Lipinski definition) is 3. The first-order chi connectivity index (χ1) is 8.52. The van der Waals surface area contributed by atoms with Crippen molar-refractivity contribution in [2.45, 2.75) is 20.3 Å². The molecule has 1 heterocycles. The molecule has 0 aliphatic heterocycles. The van der Waals surface area contributed by atoms with Gasteiger partial charge in [0.05, 0.1) is 11.9 Å². The van der Waals surface area contributed by atoms with E-state index in [4.69, 9.17) is 16.7 Å². The molecule has 5 nitrogen and oxygen atoms in total. The molecule has 1 unspecified atom stereocenters. The molecule has 0 fully saturated rings. The molecule has 3 N–H and O–H groups in total. The van der Waals surface area contributed by atoms with Gasteiger partial charge in [-0.15, -0.1) is 0 Å². The normalized spacial score (nSPS) is 12.0. The number of carbonyl (C=O) groups excluding carboxylic acids is 1. The van der Waals surface area contributed by atoms with Crippen molar-refractivity contribution in [1.82, 2.24) is 10.3 Å². The zero-order chi connectivity index (χ0) is 13.5. The third-order valence-electron chi connectivity index (χ3n) is 2.51. The van der Waals surface area contributed by atoms with Gasteiger partial charge in [-0.3, -0.25) is 0 Å². The second kappa shape index (κ2) is 7.18. The number of anilines is 1. The van der Waals surface area contributed by atoms with E-state index in [9.17, 15) is 4.79 Å². The van der Waals surface area contributed by atoms with E-state index in [-0.39, 0.29) is 18.6 Å². The van der Waals surface area contributed by atoms with Crippen molar-refractivity contribution >= 4 is 23.3 Å². The second-order valence-corrected chi connectivity index (χ2v) is 4.64. The second-order valence-electron chi connectivity index (χ2n) is 4.28. The number of rotatable bonds is 5. The van der Waals surface area contributed by atoms with Crippen LogP contribution in [0.5, 0.6) is 0 Å². The zero-order valence-corrected chi connectivity index (χ0v) is 11.3. The van der Waals surface area contributed by atoms with Crippen molar-refractivity contribution in [3.8, 4) is 0 Å². The van der Waals surface area contributed by atoms with Gasteiger partial charge in [0.1, 0.15) is 5.15 Å². The standard InChI is InChI=1S/C12H18ClN3O2/c1-8(3-4-17)6-15-12(18)16-10-5-9(2)11(13)14-7-10/h5,7-8,17H,3-4,6H2,1-2H3,(H2,15,16,18). The highest BCUT2D eigenvalue weighted by atomic mass is 35.5. The van der Waals surface area contributed by atoms with E-state index in [1.165, 1.54) is 6.20 Å². The number of urea groups is 1. The summed E-state index contributed by atoms with van der Waals surface area (Å²) >= 11 is 5.79. The first-order valence-corrected chi connectivity index (χ1v) is 6.18. The summed E-state index contributed by atoms with van der Waals surface area (Å²) < 4.78 is 0. The van der Waals surface area contributed by atoms with Crippen LogP contribution in [0.25, 0.3) is 0 Å². The molecule has 1 aromatic heterocycles. The molecule has 0 saturated carbocycles. The Morgan fingerprint density at radius 2 is 2.33 bits per heavy atom. The SMILES string of the molecule is Cc1cc(NC(=O)NCC(C)CCO)cnc1Cl. The molecule has 1 rings (SSSR count). The van der Waals surface area contributed by atoms with Crippen LogP contribution in [0.2, 0.25) is 5.15 Å². The van der Waals surface area contributed by atoms with Crippen LogP contribution in [-0.2, 0) is 0 Å². The average molecular weight is 272 g/mol. The van der Waals surface area contributed by atoms with Gasteiger partial charge in [0.2, 0.25) is 0 Å². The van der Waals surface area contributed by atoms with E-state index < -0.39 is 0 Å². The van der Waals surface area contributed by atoms with Crippen molar-refractivity contribution < 1.29 is 9.90 Å². The molecule has 0 bridgehead atoms. The van der Waals surface area contributed by atoms with Crippen LogP contribution in [0.3, 0.4) is 0 Å². The van der Waals surface area contributed by atoms with Crippen LogP contribution in [0.4, 0.5) is 10.5 Å². The van der Waals surface area contributed by atoms with Gasteiger partial charge in [0.15, 0.2) is 0 Å². The highest BCUT2D eigenvalue weighted by molar-refractivity contribution is 6.30. The van der Waals surface area contributed by atoms with Gasteiger partial charge in [-0.05, 0) is 30.9 Å². The number of aromatic nitrogens is 1. The Bertz CT molecular complexity index is 412. The van der Waals surface area contributed by atoms with E-state index in [1.54, 1.807) is 6.07 Å². The third-order valence-corrected chi connectivity index (χ3v) is 2.90. The Labute approximate surface area is 112 Å². The number of hydrogen-bond acceptors (Lipinski definition) is 3. The highest BCUT2D eigenvalue weighted by Gasteiger charge is 2.06. The van der Waals surface area contributed by atoms with Crippen LogP contribution >= 0.6 is 11.6 Å². The van der Waals surface area contributed by atoms with Crippen LogP contribution in [0.15, 0.2) is 12.3 Å². The third kappa shape index (κ3) is 4.89. The van der Waals surface area contributed by atoms with Crippen molar-refractivity contribution in [2.75, 3.05) is 18.5 Å². The van der Waals surface area contributed by atoms with E-state index in [0.717, 1.165) is 5.56 Å². The van der Waals surface area contributed by atoms with Gasteiger partial charge in [-0.1, -0.05) is 18.5 Å². The Morgan fingerprint density at radius 3 is 2.94 bits per heavy atom. The average Bonchev–Trinajstić information content (AvgIpc) is 2.32.